The fourth-order valence-corrected chi connectivity index (χ4v) is 4.43. The van der Waals surface area contributed by atoms with Crippen molar-refractivity contribution < 1.29 is 14.0 Å². The van der Waals surface area contributed by atoms with E-state index in [0.717, 1.165) is 31.5 Å². The number of ether oxygens (including phenoxy) is 1. The van der Waals surface area contributed by atoms with Gasteiger partial charge in [0.1, 0.15) is 0 Å². The van der Waals surface area contributed by atoms with Crippen LogP contribution in [0.5, 0.6) is 0 Å². The Hall–Kier alpha value is -1.21. The van der Waals surface area contributed by atoms with Crippen LogP contribution < -0.4 is 5.46 Å². The van der Waals surface area contributed by atoms with Gasteiger partial charge in [0, 0.05) is 25.3 Å². The Kier molecular flexibility index (Phi) is 4.72. The van der Waals surface area contributed by atoms with Crippen molar-refractivity contribution in [2.45, 2.75) is 57.7 Å². The first kappa shape index (κ1) is 18.2. The van der Waals surface area contributed by atoms with Crippen LogP contribution >= 0.6 is 11.3 Å². The molecule has 0 radical (unpaired) electrons. The van der Waals surface area contributed by atoms with Crippen LogP contribution in [0.1, 0.15) is 51.5 Å². The molecule has 1 aromatic carbocycles. The van der Waals surface area contributed by atoms with E-state index in [0.29, 0.717) is 5.92 Å². The van der Waals surface area contributed by atoms with Crippen LogP contribution in [-0.4, -0.2) is 36.5 Å². The lowest BCUT2D eigenvalue weighted by molar-refractivity contribution is 0.00578. The lowest BCUT2D eigenvalue weighted by Crippen LogP contribution is -2.41. The van der Waals surface area contributed by atoms with Gasteiger partial charge in [0.15, 0.2) is 0 Å². The summed E-state index contributed by atoms with van der Waals surface area (Å²) in [7, 11) is -0.312. The van der Waals surface area contributed by atoms with Crippen molar-refractivity contribution in [2.75, 3.05) is 13.2 Å². The van der Waals surface area contributed by atoms with Gasteiger partial charge < -0.3 is 14.0 Å². The molecule has 4 nitrogen and oxygen atoms in total. The van der Waals surface area contributed by atoms with Gasteiger partial charge in [-0.2, -0.15) is 0 Å². The summed E-state index contributed by atoms with van der Waals surface area (Å²) < 4.78 is 17.7. The molecule has 0 unspecified atom stereocenters. The van der Waals surface area contributed by atoms with E-state index in [-0.39, 0.29) is 18.3 Å². The van der Waals surface area contributed by atoms with Crippen LogP contribution in [0.25, 0.3) is 10.4 Å². The van der Waals surface area contributed by atoms with E-state index in [9.17, 15) is 0 Å². The number of rotatable bonds is 3. The van der Waals surface area contributed by atoms with Crippen molar-refractivity contribution in [3.8, 4) is 10.4 Å². The second-order valence-electron chi connectivity index (χ2n) is 8.16. The van der Waals surface area contributed by atoms with Gasteiger partial charge in [0.25, 0.3) is 0 Å². The van der Waals surface area contributed by atoms with E-state index >= 15 is 0 Å². The zero-order valence-electron chi connectivity index (χ0n) is 16.0. The monoisotopic (exact) mass is 371 g/mol. The van der Waals surface area contributed by atoms with E-state index in [4.69, 9.17) is 14.0 Å². The summed E-state index contributed by atoms with van der Waals surface area (Å²) in [5.74, 6) is 0.548. The first-order valence-electron chi connectivity index (χ1n) is 9.35. The second-order valence-corrected chi connectivity index (χ2v) is 9.22. The standard InChI is InChI=1S/C20H26BNO3S/c1-19(2)20(3,4)25-21(24-19)16-7-5-14(6-8-16)17-13-22-18(26-17)15-9-11-23-12-10-15/h5-8,13,15H,9-12H2,1-4H3. The lowest BCUT2D eigenvalue weighted by atomic mass is 9.79. The predicted octanol–water partition coefficient (Wildman–Crippen LogP) is 4.00. The third kappa shape index (κ3) is 3.36. The maximum absolute atomic E-state index is 6.14. The summed E-state index contributed by atoms with van der Waals surface area (Å²) in [6.45, 7) is 10.0. The summed E-state index contributed by atoms with van der Waals surface area (Å²) in [4.78, 5) is 5.88. The van der Waals surface area contributed by atoms with E-state index in [2.05, 4.69) is 56.9 Å². The van der Waals surface area contributed by atoms with E-state index in [1.165, 1.54) is 15.4 Å². The molecule has 26 heavy (non-hydrogen) atoms. The first-order chi connectivity index (χ1) is 12.4. The highest BCUT2D eigenvalue weighted by Gasteiger charge is 2.51. The van der Waals surface area contributed by atoms with Crippen LogP contribution in [0.15, 0.2) is 30.5 Å². The van der Waals surface area contributed by atoms with Crippen LogP contribution in [0.2, 0.25) is 0 Å². The number of hydrogen-bond donors (Lipinski definition) is 0. The number of benzene rings is 1. The molecule has 6 heteroatoms. The Labute approximate surface area is 160 Å². The predicted molar refractivity (Wildman–Crippen MR) is 106 cm³/mol. The Morgan fingerprint density at radius 3 is 2.23 bits per heavy atom. The highest BCUT2D eigenvalue weighted by molar-refractivity contribution is 7.15. The van der Waals surface area contributed by atoms with Gasteiger partial charge in [-0.05, 0) is 51.6 Å². The lowest BCUT2D eigenvalue weighted by Gasteiger charge is -2.32. The molecular weight excluding hydrogens is 345 g/mol. The van der Waals surface area contributed by atoms with Gasteiger partial charge in [-0.25, -0.2) is 4.98 Å². The van der Waals surface area contributed by atoms with Gasteiger partial charge in [-0.15, -0.1) is 11.3 Å². The van der Waals surface area contributed by atoms with Crippen molar-refractivity contribution in [1.29, 1.82) is 0 Å². The third-order valence-corrected chi connectivity index (χ3v) is 7.02. The van der Waals surface area contributed by atoms with Gasteiger partial charge in [-0.1, -0.05) is 24.3 Å². The Bertz CT molecular complexity index is 750. The largest absolute Gasteiger partial charge is 0.494 e. The molecule has 3 heterocycles. The molecule has 0 N–H and O–H groups in total. The number of nitrogens with zero attached hydrogens (tertiary/aromatic N) is 1. The zero-order valence-corrected chi connectivity index (χ0v) is 16.8. The van der Waals surface area contributed by atoms with Gasteiger partial charge >= 0.3 is 7.12 Å². The third-order valence-electron chi connectivity index (χ3n) is 5.81. The summed E-state index contributed by atoms with van der Waals surface area (Å²) in [6.07, 6.45) is 4.15. The fourth-order valence-electron chi connectivity index (χ4n) is 3.34. The van der Waals surface area contributed by atoms with E-state index < -0.39 is 0 Å². The maximum atomic E-state index is 6.14. The summed E-state index contributed by atoms with van der Waals surface area (Å²) in [5, 5.41) is 1.23. The normalized spacial score (nSPS) is 22.7. The minimum absolute atomic E-state index is 0.312. The average Bonchev–Trinajstić information content (AvgIpc) is 3.19. The molecule has 0 amide bonds. The number of hydrogen-bond acceptors (Lipinski definition) is 5. The highest BCUT2D eigenvalue weighted by atomic mass is 32.1. The first-order valence-corrected chi connectivity index (χ1v) is 10.2. The van der Waals surface area contributed by atoms with Crippen molar-refractivity contribution in [1.82, 2.24) is 4.98 Å². The van der Waals surface area contributed by atoms with Crippen molar-refractivity contribution in [3.05, 3.63) is 35.5 Å². The molecule has 0 saturated carbocycles. The van der Waals surface area contributed by atoms with Crippen molar-refractivity contribution in [3.63, 3.8) is 0 Å². The summed E-state index contributed by atoms with van der Waals surface area (Å²) in [5.41, 5.74) is 1.63. The molecule has 0 spiro atoms. The Morgan fingerprint density at radius 2 is 1.62 bits per heavy atom. The quantitative estimate of drug-likeness (QED) is 0.765. The molecule has 2 fully saturated rings. The van der Waals surface area contributed by atoms with Gasteiger partial charge in [0.2, 0.25) is 0 Å². The van der Waals surface area contributed by atoms with Gasteiger partial charge in [0.05, 0.1) is 21.1 Å². The van der Waals surface area contributed by atoms with E-state index in [1.807, 2.05) is 6.20 Å². The molecule has 0 atom stereocenters. The molecule has 2 aromatic rings. The molecule has 4 rings (SSSR count). The minimum Gasteiger partial charge on any atom is -0.399 e. The molecule has 0 aliphatic carbocycles. The van der Waals surface area contributed by atoms with Gasteiger partial charge in [-0.3, -0.25) is 0 Å². The SMILES string of the molecule is CC1(C)OB(c2ccc(-c3cnc(C4CCOCC4)s3)cc2)OC1(C)C. The summed E-state index contributed by atoms with van der Waals surface area (Å²) >= 11 is 1.80. The second kappa shape index (κ2) is 6.75. The Morgan fingerprint density at radius 1 is 1.00 bits per heavy atom. The molecule has 0 bridgehead atoms. The smallest absolute Gasteiger partial charge is 0.399 e. The van der Waals surface area contributed by atoms with Crippen LogP contribution in [0.4, 0.5) is 0 Å². The summed E-state index contributed by atoms with van der Waals surface area (Å²) in [6, 6.07) is 8.49. The van der Waals surface area contributed by atoms with E-state index in [1.54, 1.807) is 11.3 Å². The minimum atomic E-state index is -0.313. The average molecular weight is 371 g/mol. The molecule has 2 aliphatic rings. The molecule has 2 aliphatic heterocycles. The molecule has 2 saturated heterocycles. The maximum Gasteiger partial charge on any atom is 0.494 e. The fraction of sp³-hybridized carbons (Fsp3) is 0.550. The van der Waals surface area contributed by atoms with Crippen molar-refractivity contribution >= 4 is 23.9 Å². The topological polar surface area (TPSA) is 40.6 Å². The highest BCUT2D eigenvalue weighted by Crippen LogP contribution is 2.37. The Balaban J connectivity index is 1.49. The van der Waals surface area contributed by atoms with Crippen LogP contribution in [0, 0.1) is 0 Å². The number of aromatic nitrogens is 1. The molecular formula is C20H26BNO3S. The molecule has 138 valence electrons. The van der Waals surface area contributed by atoms with Crippen molar-refractivity contribution in [2.24, 2.45) is 0 Å². The number of thiazole rings is 1. The molecule has 1 aromatic heterocycles. The van der Waals surface area contributed by atoms with Crippen LogP contribution in [0.3, 0.4) is 0 Å². The zero-order chi connectivity index (χ0) is 18.4. The van der Waals surface area contributed by atoms with Crippen LogP contribution in [-0.2, 0) is 14.0 Å².